The minimum Gasteiger partial charge on any atom is -0.493 e. The minimum absolute atomic E-state index is 0.121. The second-order valence-electron chi connectivity index (χ2n) is 3.56. The lowest BCUT2D eigenvalue weighted by Crippen LogP contribution is -2.30. The second-order valence-corrected chi connectivity index (χ2v) is 3.56. The molecule has 0 amide bonds. The lowest BCUT2D eigenvalue weighted by atomic mass is 10.1. The summed E-state index contributed by atoms with van der Waals surface area (Å²) in [6.45, 7) is 3.52. The first-order valence-corrected chi connectivity index (χ1v) is 4.56. The Morgan fingerprint density at radius 2 is 2.33 bits per heavy atom. The molecule has 15 heavy (non-hydrogen) atoms. The molecule has 1 aromatic heterocycles. The van der Waals surface area contributed by atoms with E-state index in [-0.39, 0.29) is 29.6 Å². The predicted molar refractivity (Wildman–Crippen MR) is 55.5 cm³/mol. The molecule has 1 atom stereocenters. The molecule has 0 radical (unpaired) electrons. The largest absolute Gasteiger partial charge is 0.493 e. The molecule has 1 rings (SSSR count). The van der Waals surface area contributed by atoms with E-state index in [1.54, 1.807) is 13.8 Å². The van der Waals surface area contributed by atoms with E-state index in [9.17, 15) is 9.90 Å². The average Bonchev–Trinajstić information content (AvgIpc) is 2.12. The van der Waals surface area contributed by atoms with E-state index in [0.717, 1.165) is 4.57 Å². The van der Waals surface area contributed by atoms with Gasteiger partial charge in [0.05, 0.1) is 0 Å². The maximum atomic E-state index is 11.5. The highest BCUT2D eigenvalue weighted by atomic mass is 16.3. The number of hydrogen-bond donors (Lipinski definition) is 2. The van der Waals surface area contributed by atoms with Gasteiger partial charge in [0.2, 0.25) is 5.88 Å². The molecular weight excluding hydrogens is 194 g/mol. The SMILES string of the molecule is Cc1cc(=O)n(CC(C)N)c(O)c1C#N. The van der Waals surface area contributed by atoms with E-state index in [1.807, 2.05) is 6.07 Å². The van der Waals surface area contributed by atoms with Crippen LogP contribution in [0, 0.1) is 18.3 Å². The van der Waals surface area contributed by atoms with Gasteiger partial charge in [0.25, 0.3) is 5.56 Å². The van der Waals surface area contributed by atoms with Crippen molar-refractivity contribution < 1.29 is 5.11 Å². The number of pyridine rings is 1. The van der Waals surface area contributed by atoms with Crippen LogP contribution in [-0.2, 0) is 6.54 Å². The molecule has 1 heterocycles. The number of aromatic hydroxyl groups is 1. The molecular formula is C10H13N3O2. The topological polar surface area (TPSA) is 92.0 Å². The summed E-state index contributed by atoms with van der Waals surface area (Å²) in [4.78, 5) is 11.5. The molecule has 80 valence electrons. The normalized spacial score (nSPS) is 12.1. The molecule has 1 aromatic rings. The number of nitrogens with two attached hydrogens (primary N) is 1. The number of nitriles is 1. The van der Waals surface area contributed by atoms with Gasteiger partial charge in [0.1, 0.15) is 11.6 Å². The molecule has 0 aliphatic rings. The van der Waals surface area contributed by atoms with Crippen molar-refractivity contribution in [2.24, 2.45) is 5.73 Å². The van der Waals surface area contributed by atoms with Gasteiger partial charge in [-0.1, -0.05) is 0 Å². The summed E-state index contributed by atoms with van der Waals surface area (Å²) in [5.41, 5.74) is 5.79. The van der Waals surface area contributed by atoms with E-state index in [0.29, 0.717) is 5.56 Å². The van der Waals surface area contributed by atoms with E-state index in [2.05, 4.69) is 0 Å². The van der Waals surface area contributed by atoms with Gasteiger partial charge in [-0.25, -0.2) is 0 Å². The van der Waals surface area contributed by atoms with Crippen molar-refractivity contribution in [1.82, 2.24) is 4.57 Å². The summed E-state index contributed by atoms with van der Waals surface area (Å²) in [5, 5.41) is 18.5. The Hall–Kier alpha value is -1.80. The van der Waals surface area contributed by atoms with Crippen LogP contribution in [0.1, 0.15) is 18.1 Å². The molecule has 0 aliphatic heterocycles. The first-order chi connectivity index (χ1) is 6.97. The van der Waals surface area contributed by atoms with Gasteiger partial charge in [-0.3, -0.25) is 9.36 Å². The number of rotatable bonds is 2. The van der Waals surface area contributed by atoms with Crippen molar-refractivity contribution in [1.29, 1.82) is 5.26 Å². The lowest BCUT2D eigenvalue weighted by molar-refractivity contribution is 0.393. The van der Waals surface area contributed by atoms with Gasteiger partial charge in [0, 0.05) is 18.7 Å². The van der Waals surface area contributed by atoms with Gasteiger partial charge in [-0.05, 0) is 19.4 Å². The Bertz CT molecular complexity index is 469. The van der Waals surface area contributed by atoms with Gasteiger partial charge in [-0.15, -0.1) is 0 Å². The molecule has 0 aliphatic carbocycles. The molecule has 0 saturated carbocycles. The second kappa shape index (κ2) is 4.15. The smallest absolute Gasteiger partial charge is 0.253 e. The number of hydrogen-bond acceptors (Lipinski definition) is 4. The molecule has 0 spiro atoms. The lowest BCUT2D eigenvalue weighted by Gasteiger charge is -2.12. The standard InChI is InChI=1S/C10H13N3O2/c1-6-3-9(14)13(5-7(2)12)10(15)8(6)4-11/h3,7,15H,5,12H2,1-2H3. The molecule has 5 heteroatoms. The maximum absolute atomic E-state index is 11.5. The highest BCUT2D eigenvalue weighted by Crippen LogP contribution is 2.17. The maximum Gasteiger partial charge on any atom is 0.253 e. The van der Waals surface area contributed by atoms with Crippen LogP contribution in [0.25, 0.3) is 0 Å². The fraction of sp³-hybridized carbons (Fsp3) is 0.400. The Labute approximate surface area is 87.4 Å². The zero-order valence-electron chi connectivity index (χ0n) is 8.69. The quantitative estimate of drug-likeness (QED) is 0.718. The number of nitrogens with zero attached hydrogens (tertiary/aromatic N) is 2. The first-order valence-electron chi connectivity index (χ1n) is 4.56. The molecule has 1 unspecified atom stereocenters. The van der Waals surface area contributed by atoms with Gasteiger partial charge in [-0.2, -0.15) is 5.26 Å². The van der Waals surface area contributed by atoms with Crippen molar-refractivity contribution in [3.8, 4) is 11.9 Å². The van der Waals surface area contributed by atoms with E-state index >= 15 is 0 Å². The summed E-state index contributed by atoms with van der Waals surface area (Å²) < 4.78 is 1.11. The van der Waals surface area contributed by atoms with Crippen molar-refractivity contribution in [3.63, 3.8) is 0 Å². The molecule has 3 N–H and O–H groups in total. The summed E-state index contributed by atoms with van der Waals surface area (Å²) >= 11 is 0. The van der Waals surface area contributed by atoms with Gasteiger partial charge >= 0.3 is 0 Å². The third kappa shape index (κ3) is 2.17. The zero-order chi connectivity index (χ0) is 11.6. The van der Waals surface area contributed by atoms with E-state index < -0.39 is 0 Å². The van der Waals surface area contributed by atoms with Crippen LogP contribution in [0.2, 0.25) is 0 Å². The van der Waals surface area contributed by atoms with Crippen LogP contribution in [0.4, 0.5) is 0 Å². The van der Waals surface area contributed by atoms with Crippen LogP contribution in [0.15, 0.2) is 10.9 Å². The molecule has 0 saturated heterocycles. The van der Waals surface area contributed by atoms with Crippen molar-refractivity contribution in [2.45, 2.75) is 26.4 Å². The van der Waals surface area contributed by atoms with E-state index in [1.165, 1.54) is 6.07 Å². The van der Waals surface area contributed by atoms with Crippen molar-refractivity contribution in [3.05, 3.63) is 27.5 Å². The van der Waals surface area contributed by atoms with Crippen LogP contribution < -0.4 is 11.3 Å². The van der Waals surface area contributed by atoms with Crippen LogP contribution in [0.3, 0.4) is 0 Å². The van der Waals surface area contributed by atoms with Crippen molar-refractivity contribution in [2.75, 3.05) is 0 Å². The summed E-state index contributed by atoms with van der Waals surface area (Å²) in [6.07, 6.45) is 0. The fourth-order valence-electron chi connectivity index (χ4n) is 1.35. The van der Waals surface area contributed by atoms with Crippen molar-refractivity contribution >= 4 is 0 Å². The molecule has 0 fully saturated rings. The summed E-state index contributed by atoms with van der Waals surface area (Å²) in [7, 11) is 0. The summed E-state index contributed by atoms with van der Waals surface area (Å²) in [5.74, 6) is -0.306. The monoisotopic (exact) mass is 207 g/mol. The van der Waals surface area contributed by atoms with E-state index in [4.69, 9.17) is 11.0 Å². The average molecular weight is 207 g/mol. The molecule has 0 aromatic carbocycles. The Morgan fingerprint density at radius 3 is 2.80 bits per heavy atom. The Kier molecular flexibility index (Phi) is 3.12. The van der Waals surface area contributed by atoms with Crippen LogP contribution in [0.5, 0.6) is 5.88 Å². The first kappa shape index (κ1) is 11.3. The minimum atomic E-state index is -0.346. The molecule has 0 bridgehead atoms. The third-order valence-electron chi connectivity index (χ3n) is 2.06. The highest BCUT2D eigenvalue weighted by molar-refractivity contribution is 5.43. The third-order valence-corrected chi connectivity index (χ3v) is 2.06. The van der Waals surface area contributed by atoms with Gasteiger partial charge < -0.3 is 10.8 Å². The van der Waals surface area contributed by atoms with Gasteiger partial charge in [0.15, 0.2) is 0 Å². The van der Waals surface area contributed by atoms with Crippen LogP contribution in [-0.4, -0.2) is 15.7 Å². The predicted octanol–water partition coefficient (Wildman–Crippen LogP) is 0.0812. The Morgan fingerprint density at radius 1 is 1.73 bits per heavy atom. The van der Waals surface area contributed by atoms with Crippen LogP contribution >= 0.6 is 0 Å². The zero-order valence-corrected chi connectivity index (χ0v) is 8.69. The molecule has 5 nitrogen and oxygen atoms in total. The number of aryl methyl sites for hydroxylation is 1. The summed E-state index contributed by atoms with van der Waals surface area (Å²) in [6, 6.07) is 2.91. The fourth-order valence-corrected chi connectivity index (χ4v) is 1.35. The number of aromatic nitrogens is 1. The Balaban J connectivity index is 3.41. The highest BCUT2D eigenvalue weighted by Gasteiger charge is 2.12.